The van der Waals surface area contributed by atoms with E-state index in [0.29, 0.717) is 35.5 Å². The van der Waals surface area contributed by atoms with Gasteiger partial charge in [0.1, 0.15) is 5.25 Å². The number of hydrogen-bond donors (Lipinski definition) is 1. The number of nitrogens with one attached hydrogen (secondary N) is 1. The summed E-state index contributed by atoms with van der Waals surface area (Å²) in [5.41, 5.74) is 3.32. The topological polar surface area (TPSA) is 71.0 Å². The maximum atomic E-state index is 13.1. The molecule has 0 aliphatic carbocycles. The highest BCUT2D eigenvalue weighted by Crippen LogP contribution is 2.32. The number of aryl methyl sites for hydroxylation is 1. The molecule has 31 heavy (non-hydrogen) atoms. The number of rotatable bonds is 8. The van der Waals surface area contributed by atoms with E-state index in [1.54, 1.807) is 30.2 Å². The van der Waals surface area contributed by atoms with Crippen LogP contribution in [-0.2, 0) is 14.3 Å². The normalized spacial score (nSPS) is 17.4. The summed E-state index contributed by atoms with van der Waals surface area (Å²) >= 11 is 7.47. The molecule has 1 aliphatic heterocycles. The van der Waals surface area contributed by atoms with E-state index in [9.17, 15) is 9.59 Å². The molecule has 2 amide bonds. The predicted octanol–water partition coefficient (Wildman–Crippen LogP) is 4.95. The molecule has 1 saturated heterocycles. The number of ether oxygens (including phenoxy) is 1. The molecule has 3 rings (SSSR count). The second-order valence-electron chi connectivity index (χ2n) is 7.34. The number of methoxy groups -OCH3 is 1. The summed E-state index contributed by atoms with van der Waals surface area (Å²) < 4.78 is 5.13. The van der Waals surface area contributed by atoms with Crippen molar-refractivity contribution >= 4 is 51.7 Å². The van der Waals surface area contributed by atoms with Crippen molar-refractivity contribution in [2.75, 3.05) is 25.6 Å². The third-order valence-corrected chi connectivity index (χ3v) is 6.47. The molecule has 0 saturated carbocycles. The van der Waals surface area contributed by atoms with Crippen LogP contribution in [0.3, 0.4) is 0 Å². The zero-order valence-corrected chi connectivity index (χ0v) is 19.4. The maximum Gasteiger partial charge on any atom is 0.242 e. The number of carbonyl (C=O) groups is 2. The number of benzene rings is 2. The molecule has 1 aliphatic rings. The highest BCUT2D eigenvalue weighted by Gasteiger charge is 2.39. The van der Waals surface area contributed by atoms with E-state index in [-0.39, 0.29) is 18.2 Å². The molecule has 0 radical (unpaired) electrons. The van der Waals surface area contributed by atoms with E-state index in [1.165, 1.54) is 11.8 Å². The molecule has 1 unspecified atom stereocenters. The summed E-state index contributed by atoms with van der Waals surface area (Å²) in [7, 11) is 1.63. The van der Waals surface area contributed by atoms with Crippen molar-refractivity contribution in [3.05, 3.63) is 58.6 Å². The van der Waals surface area contributed by atoms with E-state index >= 15 is 0 Å². The van der Waals surface area contributed by atoms with Gasteiger partial charge in [-0.05, 0) is 55.7 Å². The van der Waals surface area contributed by atoms with E-state index in [2.05, 4.69) is 5.32 Å². The van der Waals surface area contributed by atoms with Crippen molar-refractivity contribution in [1.29, 1.82) is 0 Å². The smallest absolute Gasteiger partial charge is 0.242 e. The third-order valence-electron chi connectivity index (χ3n) is 4.89. The van der Waals surface area contributed by atoms with Crippen LogP contribution >= 0.6 is 23.4 Å². The number of halogens is 1. The van der Waals surface area contributed by atoms with Crippen molar-refractivity contribution in [3.63, 3.8) is 0 Å². The quantitative estimate of drug-likeness (QED) is 0.567. The van der Waals surface area contributed by atoms with Gasteiger partial charge in [0.25, 0.3) is 0 Å². The van der Waals surface area contributed by atoms with Gasteiger partial charge in [0.15, 0.2) is 5.17 Å². The lowest BCUT2D eigenvalue weighted by Crippen LogP contribution is -2.34. The molecule has 1 atom stereocenters. The van der Waals surface area contributed by atoms with E-state index in [4.69, 9.17) is 21.3 Å². The Hall–Kier alpha value is -2.35. The highest BCUT2D eigenvalue weighted by molar-refractivity contribution is 8.15. The standard InChI is InChI=1S/C23H26ClN3O3S/c1-15-7-4-8-17(13-15)25-23-27(11-6-12-30-3)22(29)20(31-23)14-21(28)26-19-10-5-9-18(24)16(19)2/h4-5,7-10,13,20H,6,11-12,14H2,1-3H3,(H,26,28). The Labute approximate surface area is 192 Å². The van der Waals surface area contributed by atoms with Crippen molar-refractivity contribution in [2.45, 2.75) is 31.9 Å². The largest absolute Gasteiger partial charge is 0.385 e. The second kappa shape index (κ2) is 10.8. The summed E-state index contributed by atoms with van der Waals surface area (Å²) in [5.74, 6) is -0.338. The number of amidine groups is 1. The molecule has 0 aromatic heterocycles. The average Bonchev–Trinajstić information content (AvgIpc) is 3.00. The number of carbonyl (C=O) groups excluding carboxylic acids is 2. The Kier molecular flexibility index (Phi) is 8.12. The van der Waals surface area contributed by atoms with E-state index < -0.39 is 5.25 Å². The lowest BCUT2D eigenvalue weighted by Gasteiger charge is -2.16. The van der Waals surface area contributed by atoms with Gasteiger partial charge < -0.3 is 10.1 Å². The summed E-state index contributed by atoms with van der Waals surface area (Å²) in [6.45, 7) is 4.89. The second-order valence-corrected chi connectivity index (χ2v) is 8.92. The Morgan fingerprint density at radius 1 is 1.26 bits per heavy atom. The van der Waals surface area contributed by atoms with Gasteiger partial charge in [-0.2, -0.15) is 0 Å². The molecular weight excluding hydrogens is 434 g/mol. The van der Waals surface area contributed by atoms with Gasteiger partial charge in [-0.3, -0.25) is 14.5 Å². The first-order valence-corrected chi connectivity index (χ1v) is 11.3. The molecule has 6 nitrogen and oxygen atoms in total. The number of thioether (sulfide) groups is 1. The lowest BCUT2D eigenvalue weighted by molar-refractivity contribution is -0.128. The molecule has 2 aromatic carbocycles. The fourth-order valence-corrected chi connectivity index (χ4v) is 4.58. The van der Waals surface area contributed by atoms with E-state index in [0.717, 1.165) is 16.8 Å². The third kappa shape index (κ3) is 6.09. The zero-order chi connectivity index (χ0) is 22.4. The van der Waals surface area contributed by atoms with Crippen molar-refractivity contribution in [1.82, 2.24) is 4.90 Å². The Bertz CT molecular complexity index is 996. The number of hydrogen-bond acceptors (Lipinski definition) is 5. The van der Waals surface area contributed by atoms with Crippen LogP contribution in [0.25, 0.3) is 0 Å². The molecule has 1 heterocycles. The molecule has 164 valence electrons. The summed E-state index contributed by atoms with van der Waals surface area (Å²) in [6, 6.07) is 13.2. The van der Waals surface area contributed by atoms with Gasteiger partial charge in [0, 0.05) is 37.4 Å². The van der Waals surface area contributed by atoms with Crippen LogP contribution in [0.4, 0.5) is 11.4 Å². The van der Waals surface area contributed by atoms with Crippen molar-refractivity contribution in [3.8, 4) is 0 Å². The molecule has 1 N–H and O–H groups in total. The SMILES string of the molecule is COCCCN1C(=O)C(CC(=O)Nc2cccc(Cl)c2C)SC1=Nc1cccc(C)c1. The first kappa shape index (κ1) is 23.3. The van der Waals surface area contributed by atoms with Gasteiger partial charge >= 0.3 is 0 Å². The minimum Gasteiger partial charge on any atom is -0.385 e. The number of anilines is 1. The number of amides is 2. The minimum absolute atomic E-state index is 0.0586. The molecule has 0 spiro atoms. The molecule has 8 heteroatoms. The van der Waals surface area contributed by atoms with Crippen LogP contribution in [0.1, 0.15) is 24.0 Å². The average molecular weight is 460 g/mol. The zero-order valence-electron chi connectivity index (χ0n) is 17.9. The molecule has 2 aromatic rings. The summed E-state index contributed by atoms with van der Waals surface area (Å²) in [5, 5.41) is 3.55. The van der Waals surface area contributed by atoms with Gasteiger partial charge in [-0.25, -0.2) is 4.99 Å². The summed E-state index contributed by atoms with van der Waals surface area (Å²) in [6.07, 6.45) is 0.749. The van der Waals surface area contributed by atoms with Crippen LogP contribution in [-0.4, -0.2) is 47.4 Å². The highest BCUT2D eigenvalue weighted by atomic mass is 35.5. The van der Waals surface area contributed by atoms with Gasteiger partial charge in [0.2, 0.25) is 11.8 Å². The lowest BCUT2D eigenvalue weighted by atomic mass is 10.2. The van der Waals surface area contributed by atoms with Crippen LogP contribution < -0.4 is 5.32 Å². The van der Waals surface area contributed by atoms with Crippen molar-refractivity contribution < 1.29 is 14.3 Å². The Morgan fingerprint density at radius 3 is 2.77 bits per heavy atom. The van der Waals surface area contributed by atoms with Crippen LogP contribution in [0.15, 0.2) is 47.5 Å². The van der Waals surface area contributed by atoms with Crippen LogP contribution in [0.5, 0.6) is 0 Å². The number of nitrogens with zero attached hydrogens (tertiary/aromatic N) is 2. The van der Waals surface area contributed by atoms with Crippen molar-refractivity contribution in [2.24, 2.45) is 4.99 Å². The monoisotopic (exact) mass is 459 g/mol. The Morgan fingerprint density at radius 2 is 2.03 bits per heavy atom. The van der Waals surface area contributed by atoms with E-state index in [1.807, 2.05) is 38.1 Å². The first-order chi connectivity index (χ1) is 14.9. The predicted molar refractivity (Wildman–Crippen MR) is 127 cm³/mol. The molecule has 1 fully saturated rings. The Balaban J connectivity index is 1.75. The van der Waals surface area contributed by atoms with Crippen LogP contribution in [0.2, 0.25) is 5.02 Å². The van der Waals surface area contributed by atoms with Crippen LogP contribution in [0, 0.1) is 13.8 Å². The fourth-order valence-electron chi connectivity index (χ4n) is 3.22. The van der Waals surface area contributed by atoms with Gasteiger partial charge in [-0.1, -0.05) is 41.6 Å². The molecule has 0 bridgehead atoms. The van der Waals surface area contributed by atoms with Gasteiger partial charge in [-0.15, -0.1) is 0 Å². The molecular formula is C23H26ClN3O3S. The first-order valence-electron chi connectivity index (χ1n) is 10.1. The fraction of sp³-hybridized carbons (Fsp3) is 0.348. The number of aliphatic imine (C=N–C) groups is 1. The minimum atomic E-state index is -0.523. The summed E-state index contributed by atoms with van der Waals surface area (Å²) in [4.78, 5) is 32.1. The maximum absolute atomic E-state index is 13.1. The van der Waals surface area contributed by atoms with Gasteiger partial charge in [0.05, 0.1) is 5.69 Å².